The van der Waals surface area contributed by atoms with Crippen molar-refractivity contribution in [1.82, 2.24) is 4.98 Å². The van der Waals surface area contributed by atoms with Gasteiger partial charge < -0.3 is 5.95 Å². The van der Waals surface area contributed by atoms with Gasteiger partial charge in [-0.15, -0.1) is 0 Å². The van der Waals surface area contributed by atoms with Crippen LogP contribution in [0.25, 0.3) is 0 Å². The third-order valence-corrected chi connectivity index (χ3v) is 4.97. The fraction of sp³-hybridized carbons (Fsp3) is 0.444. The molecule has 0 N–H and O–H groups in total. The van der Waals surface area contributed by atoms with Crippen molar-refractivity contribution < 1.29 is 44.6 Å². The van der Waals surface area contributed by atoms with Crippen LogP contribution in [0.4, 0.5) is 0 Å². The molecule has 10 heteroatoms. The molecule has 0 bridgehead atoms. The van der Waals surface area contributed by atoms with Gasteiger partial charge in [0.25, 0.3) is 0 Å². The Bertz CT molecular complexity index is 476. The van der Waals surface area contributed by atoms with E-state index in [1.807, 2.05) is 0 Å². The number of pyridine rings is 1. The Kier molecular flexibility index (Phi) is 10.1. The summed E-state index contributed by atoms with van der Waals surface area (Å²) >= 11 is 22.7. The largest absolute Gasteiger partial charge is 1.00 e. The molecule has 1 aromatic heterocycles. The van der Waals surface area contributed by atoms with Crippen LogP contribution in [-0.4, -0.2) is 18.2 Å². The summed E-state index contributed by atoms with van der Waals surface area (Å²) < 4.78 is 16.1. The molecule has 1 heterocycles. The van der Waals surface area contributed by atoms with Crippen LogP contribution in [0.3, 0.4) is 0 Å². The number of hydrogen-bond donors (Lipinski definition) is 0. The maximum Gasteiger partial charge on any atom is 1.00 e. The Hall–Kier alpha value is 1.39. The predicted octanol–water partition coefficient (Wildman–Crippen LogP) is 1.83. The van der Waals surface area contributed by atoms with Gasteiger partial charge in [-0.25, -0.2) is 0 Å². The van der Waals surface area contributed by atoms with Crippen LogP contribution in [0.2, 0.25) is 15.2 Å². The maximum absolute atomic E-state index is 5.94. The Morgan fingerprint density at radius 2 is 1.74 bits per heavy atom. The number of hydrogen-bond acceptors (Lipinski definition) is 5. The van der Waals surface area contributed by atoms with Crippen molar-refractivity contribution in [2.75, 3.05) is 13.2 Å². The minimum absolute atomic E-state index is 0. The number of rotatable bonds is 6. The van der Waals surface area contributed by atoms with Crippen LogP contribution in [0.15, 0.2) is 6.07 Å². The Labute approximate surface area is 156 Å². The van der Waals surface area contributed by atoms with Crippen molar-refractivity contribution in [2.45, 2.75) is 13.8 Å². The quantitative estimate of drug-likeness (QED) is 0.432. The molecular formula is C9H12Cl3NNaO3PS. The maximum atomic E-state index is 5.94. The van der Waals surface area contributed by atoms with Crippen LogP contribution in [0.1, 0.15) is 15.3 Å². The van der Waals surface area contributed by atoms with Crippen LogP contribution < -0.4 is 34.1 Å². The van der Waals surface area contributed by atoms with Gasteiger partial charge in [0.15, 0.2) is 5.15 Å². The molecule has 0 radical (unpaired) electrons. The topological polar surface area (TPSA) is 40.6 Å². The third kappa shape index (κ3) is 6.35. The second-order valence-electron chi connectivity index (χ2n) is 2.92. The van der Waals surface area contributed by atoms with Crippen LogP contribution >= 0.6 is 41.5 Å². The van der Waals surface area contributed by atoms with E-state index >= 15 is 0 Å². The smallest absolute Gasteiger partial charge is 1.00 e. The van der Waals surface area contributed by atoms with E-state index in [1.54, 1.807) is 13.8 Å². The standard InChI is InChI=1S/C9H11Cl3NO3PS.Na.H/c1-3-14-17(18,15-4-2)16-9-7(11)5-6(10)8(12)13-9;;/h5H,3-4H2,1-2H3;;/q;+1;-1. The van der Waals surface area contributed by atoms with Crippen LogP contribution in [-0.2, 0) is 20.9 Å². The van der Waals surface area contributed by atoms with E-state index in [0.717, 1.165) is 0 Å². The van der Waals surface area contributed by atoms with Crippen LogP contribution in [0, 0.1) is 0 Å². The Morgan fingerprint density at radius 3 is 2.21 bits per heavy atom. The normalized spacial score (nSPS) is 11.0. The SMILES string of the molecule is CCOP(=S)(OCC)Oc1nc(Cl)c(Cl)cc1Cl.[H-].[Na+]. The fourth-order valence-electron chi connectivity index (χ4n) is 1.00. The van der Waals surface area contributed by atoms with Gasteiger partial charge in [-0.1, -0.05) is 34.8 Å². The zero-order chi connectivity index (χ0) is 13.8. The molecule has 19 heavy (non-hydrogen) atoms. The minimum Gasteiger partial charge on any atom is -1.00 e. The first-order chi connectivity index (χ1) is 8.41. The summed E-state index contributed by atoms with van der Waals surface area (Å²) in [5, 5.41) is 0.499. The second-order valence-corrected chi connectivity index (χ2v) is 7.03. The fourth-order valence-corrected chi connectivity index (χ4v) is 3.59. The van der Waals surface area contributed by atoms with Gasteiger partial charge in [-0.05, 0) is 19.9 Å². The van der Waals surface area contributed by atoms with E-state index in [0.29, 0.717) is 13.2 Å². The van der Waals surface area contributed by atoms with Crippen molar-refractivity contribution >= 4 is 53.3 Å². The van der Waals surface area contributed by atoms with Gasteiger partial charge in [0.05, 0.1) is 18.2 Å². The first-order valence-corrected chi connectivity index (χ1v) is 8.71. The first-order valence-electron chi connectivity index (χ1n) is 5.02. The summed E-state index contributed by atoms with van der Waals surface area (Å²) in [5.41, 5.74) is 0. The van der Waals surface area contributed by atoms with Gasteiger partial charge in [0.1, 0.15) is 5.02 Å². The third-order valence-electron chi connectivity index (χ3n) is 1.63. The molecule has 0 aliphatic carbocycles. The zero-order valence-corrected chi connectivity index (χ0v) is 16.6. The van der Waals surface area contributed by atoms with Gasteiger partial charge in [-0.3, -0.25) is 9.05 Å². The molecule has 0 unspecified atom stereocenters. The van der Waals surface area contributed by atoms with Crippen molar-refractivity contribution in [3.63, 3.8) is 0 Å². The van der Waals surface area contributed by atoms with Crippen LogP contribution in [0.5, 0.6) is 5.88 Å². The van der Waals surface area contributed by atoms with E-state index in [1.165, 1.54) is 6.07 Å². The number of nitrogens with zero attached hydrogens (tertiary/aromatic N) is 1. The number of aromatic nitrogens is 1. The number of halogens is 3. The molecule has 0 aliphatic heterocycles. The molecule has 0 atom stereocenters. The summed E-state index contributed by atoms with van der Waals surface area (Å²) in [6.07, 6.45) is 0. The van der Waals surface area contributed by atoms with Gasteiger partial charge >= 0.3 is 36.3 Å². The summed E-state index contributed by atoms with van der Waals surface area (Å²) in [7, 11) is 0. The molecule has 0 saturated heterocycles. The van der Waals surface area contributed by atoms with Crippen molar-refractivity contribution in [1.29, 1.82) is 0 Å². The van der Waals surface area contributed by atoms with E-state index in [9.17, 15) is 0 Å². The summed E-state index contributed by atoms with van der Waals surface area (Å²) in [4.78, 5) is 3.90. The minimum atomic E-state index is -2.92. The van der Waals surface area contributed by atoms with Gasteiger partial charge in [0.2, 0.25) is 5.88 Å². The molecule has 0 amide bonds. The van der Waals surface area contributed by atoms with E-state index in [4.69, 9.17) is 60.2 Å². The van der Waals surface area contributed by atoms with Crippen molar-refractivity contribution in [2.24, 2.45) is 0 Å². The zero-order valence-electron chi connectivity index (χ0n) is 11.7. The average molecular weight is 375 g/mol. The Balaban J connectivity index is 0. The predicted molar refractivity (Wildman–Crippen MR) is 78.5 cm³/mol. The second kappa shape index (κ2) is 9.42. The molecule has 0 saturated carbocycles. The molecule has 0 fully saturated rings. The molecule has 1 aromatic rings. The van der Waals surface area contributed by atoms with E-state index < -0.39 is 6.72 Å². The monoisotopic (exact) mass is 373 g/mol. The molecule has 1 rings (SSSR count). The molecule has 0 aliphatic rings. The summed E-state index contributed by atoms with van der Waals surface area (Å²) in [5.74, 6) is 0.0521. The Morgan fingerprint density at radius 1 is 1.21 bits per heavy atom. The van der Waals surface area contributed by atoms with Gasteiger partial charge in [0, 0.05) is 11.8 Å². The van der Waals surface area contributed by atoms with Crippen molar-refractivity contribution in [3.8, 4) is 5.88 Å². The summed E-state index contributed by atoms with van der Waals surface area (Å²) in [6.45, 7) is 1.37. The first kappa shape index (κ1) is 20.4. The van der Waals surface area contributed by atoms with Crippen molar-refractivity contribution in [3.05, 3.63) is 21.3 Å². The molecular weight excluding hydrogens is 362 g/mol. The average Bonchev–Trinajstić information content (AvgIpc) is 2.26. The molecule has 0 aromatic carbocycles. The van der Waals surface area contributed by atoms with Gasteiger partial charge in [-0.2, -0.15) is 4.98 Å². The molecule has 104 valence electrons. The molecule has 4 nitrogen and oxygen atoms in total. The van der Waals surface area contributed by atoms with E-state index in [2.05, 4.69) is 4.98 Å². The molecule has 0 spiro atoms. The van der Waals surface area contributed by atoms with E-state index in [-0.39, 0.29) is 52.1 Å². The summed E-state index contributed by atoms with van der Waals surface area (Å²) in [6, 6.07) is 1.42.